The van der Waals surface area contributed by atoms with Crippen molar-refractivity contribution in [2.24, 2.45) is 0 Å². The lowest BCUT2D eigenvalue weighted by Crippen LogP contribution is -2.30. The Morgan fingerprint density at radius 3 is 0.656 bits per heavy atom. The van der Waals surface area contributed by atoms with Gasteiger partial charge in [0.05, 0.1) is 26.4 Å². The number of unbranched alkanes of at least 4 members (excludes halogenated alkanes) is 46. The summed E-state index contributed by atoms with van der Waals surface area (Å²) in [4.78, 5) is 72.5. The van der Waals surface area contributed by atoms with Gasteiger partial charge in [0, 0.05) is 25.7 Å². The molecule has 0 aromatic carbocycles. The Balaban J connectivity index is 5.20. The minimum absolute atomic E-state index is 0.108. The molecule has 0 radical (unpaired) electrons. The van der Waals surface area contributed by atoms with Crippen molar-refractivity contribution in [2.75, 3.05) is 39.6 Å². The normalized spacial score (nSPS) is 14.0. The van der Waals surface area contributed by atoms with E-state index in [1.165, 1.54) is 205 Å². The molecule has 0 aromatic rings. The van der Waals surface area contributed by atoms with Crippen LogP contribution in [-0.4, -0.2) is 96.7 Å². The Labute approximate surface area is 549 Å². The molecule has 19 heteroatoms. The molecule has 0 rings (SSSR count). The molecular weight excluding hydrogens is 1190 g/mol. The van der Waals surface area contributed by atoms with E-state index in [1.54, 1.807) is 0 Å². The maximum absolute atomic E-state index is 13.0. The number of aliphatic hydroxyl groups excluding tert-OH is 1. The van der Waals surface area contributed by atoms with Crippen LogP contribution in [0.25, 0.3) is 0 Å². The van der Waals surface area contributed by atoms with Gasteiger partial charge in [-0.05, 0) is 25.7 Å². The molecule has 0 fully saturated rings. The Bertz CT molecular complexity index is 1720. The number of ether oxygens (including phenoxy) is 4. The predicted octanol–water partition coefficient (Wildman–Crippen LogP) is 20.7. The number of esters is 4. The standard InChI is InChI=1S/C71H138O17P2/c1-5-9-13-17-21-25-29-30-31-32-33-34-35-38-42-46-50-54-58-71(76)88-67(62-82-69(74)56-52-48-44-40-36-26-22-18-14-10-6-2)64-86-90(79,80)84-60-65(72)59-83-89(77,78)85-63-66(61-81-68(73)55-51-47-43-39-28-24-20-16-12-8-4)87-70(75)57-53-49-45-41-37-27-23-19-15-11-7-3/h65-67,72H,5-64H2,1-4H3,(H,77,78)(H,79,80)/t65-,66+,67+/m0/s1. The van der Waals surface area contributed by atoms with Crippen LogP contribution in [0.5, 0.6) is 0 Å². The first kappa shape index (κ1) is 88.1. The summed E-state index contributed by atoms with van der Waals surface area (Å²) in [6.45, 7) is 4.94. The van der Waals surface area contributed by atoms with Crippen LogP contribution in [0.15, 0.2) is 0 Å². The second kappa shape index (κ2) is 65.7. The van der Waals surface area contributed by atoms with Crippen molar-refractivity contribution < 1.29 is 80.2 Å². The third-order valence-corrected chi connectivity index (χ3v) is 18.5. The fraction of sp³-hybridized carbons (Fsp3) is 0.944. The number of phosphoric acid groups is 2. The summed E-state index contributed by atoms with van der Waals surface area (Å²) < 4.78 is 68.3. The molecular formula is C71H138O17P2. The summed E-state index contributed by atoms with van der Waals surface area (Å²) >= 11 is 0. The zero-order valence-corrected chi connectivity index (χ0v) is 59.9. The Kier molecular flexibility index (Phi) is 64.3. The second-order valence-electron chi connectivity index (χ2n) is 25.6. The van der Waals surface area contributed by atoms with E-state index in [4.69, 9.17) is 37.0 Å². The first-order valence-corrected chi connectivity index (χ1v) is 40.3. The molecule has 90 heavy (non-hydrogen) atoms. The molecule has 17 nitrogen and oxygen atoms in total. The average Bonchev–Trinajstić information content (AvgIpc) is 3.59. The fourth-order valence-corrected chi connectivity index (χ4v) is 12.4. The maximum Gasteiger partial charge on any atom is 0.472 e. The van der Waals surface area contributed by atoms with E-state index in [2.05, 4.69) is 27.7 Å². The van der Waals surface area contributed by atoms with Crippen molar-refractivity contribution >= 4 is 39.5 Å². The number of phosphoric ester groups is 2. The van der Waals surface area contributed by atoms with Crippen LogP contribution in [0.1, 0.15) is 374 Å². The lowest BCUT2D eigenvalue weighted by molar-refractivity contribution is -0.161. The number of carbonyl (C=O) groups is 4. The lowest BCUT2D eigenvalue weighted by atomic mass is 10.0. The minimum Gasteiger partial charge on any atom is -0.462 e. The molecule has 0 amide bonds. The van der Waals surface area contributed by atoms with Gasteiger partial charge in [0.25, 0.3) is 0 Å². The molecule has 0 spiro atoms. The highest BCUT2D eigenvalue weighted by atomic mass is 31.2. The van der Waals surface area contributed by atoms with Crippen LogP contribution in [0.2, 0.25) is 0 Å². The van der Waals surface area contributed by atoms with Crippen molar-refractivity contribution in [3.63, 3.8) is 0 Å². The van der Waals surface area contributed by atoms with Crippen molar-refractivity contribution in [3.05, 3.63) is 0 Å². The highest BCUT2D eigenvalue weighted by molar-refractivity contribution is 7.47. The quantitative estimate of drug-likeness (QED) is 0.0222. The van der Waals surface area contributed by atoms with Crippen LogP contribution in [0.4, 0.5) is 0 Å². The third-order valence-electron chi connectivity index (χ3n) is 16.6. The van der Waals surface area contributed by atoms with Crippen LogP contribution in [-0.2, 0) is 65.4 Å². The SMILES string of the molecule is CCCCCCCCCCCCCCCCCCCCC(=O)O[C@H](COC(=O)CCCCCCCCCCCCC)COP(=O)(O)OC[C@@H](O)COP(=O)(O)OC[C@@H](COC(=O)CCCCCCCCCCCC)OC(=O)CCCCCCCCCCCCC. The number of hydrogen-bond donors (Lipinski definition) is 3. The molecule has 0 aliphatic heterocycles. The molecule has 534 valence electrons. The van der Waals surface area contributed by atoms with E-state index < -0.39 is 97.5 Å². The number of hydrogen-bond acceptors (Lipinski definition) is 15. The maximum atomic E-state index is 13.0. The smallest absolute Gasteiger partial charge is 0.462 e. The molecule has 0 bridgehead atoms. The first-order valence-electron chi connectivity index (χ1n) is 37.3. The zero-order valence-electron chi connectivity index (χ0n) is 58.1. The van der Waals surface area contributed by atoms with Gasteiger partial charge in [0.2, 0.25) is 0 Å². The molecule has 0 aliphatic carbocycles. The topological polar surface area (TPSA) is 237 Å². The lowest BCUT2D eigenvalue weighted by Gasteiger charge is -2.21. The van der Waals surface area contributed by atoms with E-state index in [1.807, 2.05) is 0 Å². The Hall–Kier alpha value is -1.94. The average molecular weight is 1330 g/mol. The van der Waals surface area contributed by atoms with Gasteiger partial charge in [-0.1, -0.05) is 323 Å². The second-order valence-corrected chi connectivity index (χ2v) is 28.5. The summed E-state index contributed by atoms with van der Waals surface area (Å²) in [5.41, 5.74) is 0. The Morgan fingerprint density at radius 2 is 0.444 bits per heavy atom. The highest BCUT2D eigenvalue weighted by Gasteiger charge is 2.30. The molecule has 0 aliphatic rings. The molecule has 0 aromatic heterocycles. The Morgan fingerprint density at radius 1 is 0.267 bits per heavy atom. The van der Waals surface area contributed by atoms with Crippen molar-refractivity contribution in [3.8, 4) is 0 Å². The monoisotopic (exact) mass is 1320 g/mol. The van der Waals surface area contributed by atoms with Crippen LogP contribution >= 0.6 is 15.6 Å². The molecule has 0 heterocycles. The van der Waals surface area contributed by atoms with Gasteiger partial charge in [-0.3, -0.25) is 37.3 Å². The van der Waals surface area contributed by atoms with E-state index >= 15 is 0 Å². The summed E-state index contributed by atoms with van der Waals surface area (Å²) in [6, 6.07) is 0. The number of aliphatic hydroxyl groups is 1. The number of rotatable bonds is 72. The summed E-state index contributed by atoms with van der Waals surface area (Å²) in [5, 5.41) is 10.6. The van der Waals surface area contributed by atoms with Gasteiger partial charge >= 0.3 is 39.5 Å². The highest BCUT2D eigenvalue weighted by Crippen LogP contribution is 2.45. The van der Waals surface area contributed by atoms with E-state index in [0.717, 1.165) is 89.9 Å². The predicted molar refractivity (Wildman–Crippen MR) is 363 cm³/mol. The van der Waals surface area contributed by atoms with Crippen molar-refractivity contribution in [2.45, 2.75) is 393 Å². The summed E-state index contributed by atoms with van der Waals surface area (Å²) in [7, 11) is -9.90. The summed E-state index contributed by atoms with van der Waals surface area (Å²) in [5.74, 6) is -2.12. The van der Waals surface area contributed by atoms with Gasteiger partial charge in [0.1, 0.15) is 19.3 Å². The molecule has 0 saturated carbocycles. The minimum atomic E-state index is -4.95. The molecule has 5 atom stereocenters. The van der Waals surface area contributed by atoms with Crippen LogP contribution < -0.4 is 0 Å². The van der Waals surface area contributed by atoms with Crippen LogP contribution in [0.3, 0.4) is 0 Å². The first-order chi connectivity index (χ1) is 43.7. The number of carbonyl (C=O) groups excluding carboxylic acids is 4. The zero-order chi connectivity index (χ0) is 66.1. The molecule has 0 saturated heterocycles. The van der Waals surface area contributed by atoms with Gasteiger partial charge in [-0.15, -0.1) is 0 Å². The van der Waals surface area contributed by atoms with E-state index in [0.29, 0.717) is 25.7 Å². The van der Waals surface area contributed by atoms with E-state index in [9.17, 15) is 43.2 Å². The fourth-order valence-electron chi connectivity index (χ4n) is 10.9. The van der Waals surface area contributed by atoms with Gasteiger partial charge in [0.15, 0.2) is 12.2 Å². The molecule has 3 N–H and O–H groups in total. The largest absolute Gasteiger partial charge is 0.472 e. The van der Waals surface area contributed by atoms with Gasteiger partial charge < -0.3 is 33.8 Å². The van der Waals surface area contributed by atoms with Crippen molar-refractivity contribution in [1.82, 2.24) is 0 Å². The van der Waals surface area contributed by atoms with Crippen LogP contribution in [0, 0.1) is 0 Å². The van der Waals surface area contributed by atoms with Gasteiger partial charge in [-0.25, -0.2) is 9.13 Å². The molecule has 2 unspecified atom stereocenters. The van der Waals surface area contributed by atoms with E-state index in [-0.39, 0.29) is 25.7 Å². The van der Waals surface area contributed by atoms with Gasteiger partial charge in [-0.2, -0.15) is 0 Å². The van der Waals surface area contributed by atoms with Crippen molar-refractivity contribution in [1.29, 1.82) is 0 Å². The summed E-state index contributed by atoms with van der Waals surface area (Å²) in [6.07, 6.45) is 54.0. The third kappa shape index (κ3) is 64.8.